The van der Waals surface area contributed by atoms with E-state index in [1.54, 1.807) is 30.7 Å². The molecule has 3 amide bonds. The molecular weight excluding hydrogens is 501 g/mol. The van der Waals surface area contributed by atoms with E-state index in [2.05, 4.69) is 30.0 Å². The minimum Gasteiger partial charge on any atom is -0.305 e. The Labute approximate surface area is 212 Å². The van der Waals surface area contributed by atoms with Crippen molar-refractivity contribution < 1.29 is 22.8 Å². The summed E-state index contributed by atoms with van der Waals surface area (Å²) in [7, 11) is -1.62. The number of anilines is 1. The number of nitriles is 1. The first-order valence-electron chi connectivity index (χ1n) is 11.4. The van der Waals surface area contributed by atoms with Crippen LogP contribution < -0.4 is 10.2 Å². The highest BCUT2D eigenvalue weighted by atomic mass is 28.3. The quantitative estimate of drug-likeness (QED) is 0.362. The topological polar surface area (TPSA) is 95.1 Å². The molecule has 37 heavy (non-hydrogen) atoms. The Morgan fingerprint density at radius 1 is 1.03 bits per heavy atom. The zero-order valence-electron chi connectivity index (χ0n) is 21.0. The van der Waals surface area contributed by atoms with Crippen LogP contribution in [0.3, 0.4) is 0 Å². The van der Waals surface area contributed by atoms with Crippen molar-refractivity contribution in [1.29, 1.82) is 5.26 Å². The number of carbonyl (C=O) groups excluding carboxylic acids is 2. The van der Waals surface area contributed by atoms with Crippen LogP contribution in [0.4, 0.5) is 23.7 Å². The molecule has 1 aromatic heterocycles. The SMILES string of the molecule is CC1(C)C(=O)N(c2ccc(C#N)c(C(F)(F)F)c2)C(=O)N1Cc1ccc(-n2cc([Si](C)(C)C)nn2)cc1. The van der Waals surface area contributed by atoms with E-state index in [1.807, 2.05) is 18.3 Å². The Bertz CT molecular complexity index is 1420. The van der Waals surface area contributed by atoms with Crippen LogP contribution in [0.1, 0.15) is 30.5 Å². The van der Waals surface area contributed by atoms with Gasteiger partial charge in [-0.3, -0.25) is 4.79 Å². The molecule has 0 aliphatic carbocycles. The molecule has 0 saturated carbocycles. The maximum absolute atomic E-state index is 13.5. The first-order valence-corrected chi connectivity index (χ1v) is 14.9. The predicted octanol–water partition coefficient (Wildman–Crippen LogP) is 4.45. The van der Waals surface area contributed by atoms with Gasteiger partial charge in [-0.1, -0.05) is 37.0 Å². The van der Waals surface area contributed by atoms with Crippen molar-refractivity contribution in [2.45, 2.75) is 51.7 Å². The molecular formula is C25H25F3N6O2Si. The summed E-state index contributed by atoms with van der Waals surface area (Å²) in [6, 6.07) is 10.8. The van der Waals surface area contributed by atoms with Gasteiger partial charge in [0.2, 0.25) is 0 Å². The predicted molar refractivity (Wildman–Crippen MR) is 133 cm³/mol. The second kappa shape index (κ2) is 8.84. The summed E-state index contributed by atoms with van der Waals surface area (Å²) in [5.41, 5.74) is -1.83. The first-order chi connectivity index (χ1) is 17.1. The third-order valence-electron chi connectivity index (χ3n) is 6.31. The van der Waals surface area contributed by atoms with Gasteiger partial charge in [-0.15, -0.1) is 5.10 Å². The summed E-state index contributed by atoms with van der Waals surface area (Å²) in [4.78, 5) is 28.5. The van der Waals surface area contributed by atoms with E-state index in [0.29, 0.717) is 6.07 Å². The molecule has 8 nitrogen and oxygen atoms in total. The second-order valence-corrected chi connectivity index (χ2v) is 15.4. The number of rotatable bonds is 5. The number of hydrogen-bond acceptors (Lipinski definition) is 5. The lowest BCUT2D eigenvalue weighted by molar-refractivity contribution is -0.137. The number of amides is 3. The Hall–Kier alpha value is -3.98. The molecule has 1 aliphatic rings. The molecule has 4 rings (SSSR count). The number of urea groups is 1. The Morgan fingerprint density at radius 2 is 1.65 bits per heavy atom. The molecule has 0 radical (unpaired) electrons. The summed E-state index contributed by atoms with van der Waals surface area (Å²) in [6.45, 7) is 9.67. The second-order valence-electron chi connectivity index (χ2n) is 10.4. The zero-order chi connectivity index (χ0) is 27.3. The van der Waals surface area contributed by atoms with Crippen LogP contribution in [0.5, 0.6) is 0 Å². The lowest BCUT2D eigenvalue weighted by Gasteiger charge is -2.27. The molecule has 0 bridgehead atoms. The molecule has 0 spiro atoms. The van der Waals surface area contributed by atoms with E-state index in [0.717, 1.165) is 27.5 Å². The van der Waals surface area contributed by atoms with Crippen molar-refractivity contribution >= 4 is 31.0 Å². The summed E-state index contributed by atoms with van der Waals surface area (Å²) >= 11 is 0. The summed E-state index contributed by atoms with van der Waals surface area (Å²) in [5.74, 6) is -0.659. The minimum absolute atomic E-state index is 0.0638. The molecule has 192 valence electrons. The number of aromatic nitrogens is 3. The number of benzene rings is 2. The largest absolute Gasteiger partial charge is 0.417 e. The van der Waals surface area contributed by atoms with Crippen molar-refractivity contribution in [3.8, 4) is 11.8 Å². The van der Waals surface area contributed by atoms with E-state index in [4.69, 9.17) is 5.26 Å². The van der Waals surface area contributed by atoms with Crippen LogP contribution >= 0.6 is 0 Å². The first kappa shape index (κ1) is 26.1. The van der Waals surface area contributed by atoms with E-state index in [-0.39, 0.29) is 12.2 Å². The van der Waals surface area contributed by atoms with Gasteiger partial charge in [-0.05, 0) is 49.7 Å². The lowest BCUT2D eigenvalue weighted by Crippen LogP contribution is -2.43. The van der Waals surface area contributed by atoms with Gasteiger partial charge in [0.1, 0.15) is 13.6 Å². The standard InChI is InChI=1S/C25H25F3N6O2Si/c1-24(2)22(35)34(19-11-8-17(13-29)20(12-19)25(26,27)28)23(36)32(24)14-16-6-9-18(10-7-16)33-15-21(30-31-33)37(3,4)5/h6-12,15H,14H2,1-5H3. The molecule has 2 heterocycles. The van der Waals surface area contributed by atoms with E-state index in [1.165, 1.54) is 17.0 Å². The number of alkyl halides is 3. The Morgan fingerprint density at radius 3 is 2.19 bits per heavy atom. The zero-order valence-corrected chi connectivity index (χ0v) is 22.0. The fraction of sp³-hybridized carbons (Fsp3) is 0.320. The summed E-state index contributed by atoms with van der Waals surface area (Å²) in [5, 5.41) is 18.5. The third kappa shape index (κ3) is 4.74. The molecule has 0 N–H and O–H groups in total. The summed E-state index contributed by atoms with van der Waals surface area (Å²) in [6.07, 6.45) is -2.92. The molecule has 1 saturated heterocycles. The van der Waals surface area contributed by atoms with Crippen molar-refractivity contribution in [2.75, 3.05) is 4.90 Å². The van der Waals surface area contributed by atoms with Gasteiger partial charge < -0.3 is 4.90 Å². The smallest absolute Gasteiger partial charge is 0.305 e. The maximum Gasteiger partial charge on any atom is 0.417 e. The van der Waals surface area contributed by atoms with E-state index >= 15 is 0 Å². The van der Waals surface area contributed by atoms with Gasteiger partial charge in [-0.25, -0.2) is 14.4 Å². The normalized spacial score (nSPS) is 15.9. The number of halogens is 3. The summed E-state index contributed by atoms with van der Waals surface area (Å²) < 4.78 is 42.1. The van der Waals surface area contributed by atoms with Crippen molar-refractivity contribution in [3.63, 3.8) is 0 Å². The average Bonchev–Trinajstić information content (AvgIpc) is 3.38. The molecule has 1 aliphatic heterocycles. The molecule has 3 aromatic rings. The van der Waals surface area contributed by atoms with E-state index < -0.39 is 42.9 Å². The molecule has 2 aromatic carbocycles. The molecule has 0 atom stereocenters. The van der Waals surface area contributed by atoms with Crippen LogP contribution in [-0.2, 0) is 17.5 Å². The van der Waals surface area contributed by atoms with Crippen LogP contribution in [-0.4, -0.2) is 45.4 Å². The van der Waals surface area contributed by atoms with E-state index in [9.17, 15) is 22.8 Å². The highest BCUT2D eigenvalue weighted by molar-refractivity contribution is 6.88. The van der Waals surface area contributed by atoms with Gasteiger partial charge in [-0.2, -0.15) is 18.4 Å². The highest BCUT2D eigenvalue weighted by Crippen LogP contribution is 2.38. The van der Waals surface area contributed by atoms with Gasteiger partial charge in [0.15, 0.2) is 0 Å². The molecule has 1 fully saturated rings. The molecule has 12 heteroatoms. The van der Waals surface area contributed by atoms with Gasteiger partial charge >= 0.3 is 12.2 Å². The molecule has 0 unspecified atom stereocenters. The van der Waals surface area contributed by atoms with Gasteiger partial charge in [0.25, 0.3) is 5.91 Å². The van der Waals surface area contributed by atoms with Crippen LogP contribution in [0.25, 0.3) is 5.69 Å². The van der Waals surface area contributed by atoms with Crippen LogP contribution in [0.15, 0.2) is 48.7 Å². The van der Waals surface area contributed by atoms with Crippen LogP contribution in [0.2, 0.25) is 19.6 Å². The Balaban J connectivity index is 1.60. The van der Waals surface area contributed by atoms with Crippen molar-refractivity contribution in [3.05, 3.63) is 65.4 Å². The third-order valence-corrected chi connectivity index (χ3v) is 8.08. The maximum atomic E-state index is 13.5. The number of carbonyl (C=O) groups is 2. The van der Waals surface area contributed by atoms with Crippen molar-refractivity contribution in [2.24, 2.45) is 0 Å². The van der Waals surface area contributed by atoms with Gasteiger partial charge in [0, 0.05) is 12.7 Å². The van der Waals surface area contributed by atoms with Crippen molar-refractivity contribution in [1.82, 2.24) is 19.9 Å². The average molecular weight is 527 g/mol. The number of nitrogens with zero attached hydrogens (tertiary/aromatic N) is 6. The van der Waals surface area contributed by atoms with Gasteiger partial charge in [0.05, 0.1) is 33.9 Å². The number of hydrogen-bond donors (Lipinski definition) is 0. The number of imide groups is 1. The fourth-order valence-electron chi connectivity index (χ4n) is 4.00. The minimum atomic E-state index is -4.82. The van der Waals surface area contributed by atoms with Crippen LogP contribution in [0, 0.1) is 11.3 Å². The highest BCUT2D eigenvalue weighted by Gasteiger charge is 2.52. The lowest BCUT2D eigenvalue weighted by atomic mass is 10.0. The Kier molecular flexibility index (Phi) is 6.24. The fourth-order valence-corrected chi connectivity index (χ4v) is 4.86. The monoisotopic (exact) mass is 526 g/mol.